The lowest BCUT2D eigenvalue weighted by atomic mass is 10.1. The lowest BCUT2D eigenvalue weighted by Crippen LogP contribution is -2.31. The predicted molar refractivity (Wildman–Crippen MR) is 199 cm³/mol. The van der Waals surface area contributed by atoms with Crippen LogP contribution in [0, 0.1) is 0 Å². The Morgan fingerprint density at radius 2 is 1.61 bits per heavy atom. The minimum Gasteiger partial charge on any atom is -0.339 e. The maximum Gasteiger partial charge on any atom is 0.319 e. The highest BCUT2D eigenvalue weighted by Crippen LogP contribution is 2.37. The Labute approximate surface area is 296 Å². The molecule has 0 unspecified atom stereocenters. The Balaban J connectivity index is 1.23. The molecule has 6 rings (SSSR count). The highest BCUT2D eigenvalue weighted by atomic mass is 79.9. The number of carbonyl (C=O) groups is 2. The van der Waals surface area contributed by atoms with Gasteiger partial charge in [-0.15, -0.1) is 0 Å². The van der Waals surface area contributed by atoms with E-state index in [1.165, 1.54) is 18.1 Å². The van der Waals surface area contributed by atoms with E-state index < -0.39 is 0 Å². The number of rotatable bonds is 10. The number of anilines is 4. The fourth-order valence-electron chi connectivity index (χ4n) is 4.92. The molecule has 0 aliphatic heterocycles. The number of hydrogen-bond donors (Lipinski definition) is 4. The monoisotopic (exact) mass is 732 g/mol. The van der Waals surface area contributed by atoms with Crippen LogP contribution in [-0.4, -0.2) is 31.9 Å². The zero-order valence-electron chi connectivity index (χ0n) is 26.9. The number of halogens is 1. The summed E-state index contributed by atoms with van der Waals surface area (Å²) < 4.78 is 0.815. The van der Waals surface area contributed by atoms with E-state index in [1.807, 2.05) is 85.8 Å². The molecule has 0 saturated heterocycles. The van der Waals surface area contributed by atoms with Crippen molar-refractivity contribution in [2.24, 2.45) is 0 Å². The molecule has 12 heteroatoms. The van der Waals surface area contributed by atoms with Gasteiger partial charge < -0.3 is 21.3 Å². The number of pyridine rings is 2. The second-order valence-electron chi connectivity index (χ2n) is 11.5. The van der Waals surface area contributed by atoms with Gasteiger partial charge in [-0.3, -0.25) is 4.79 Å². The van der Waals surface area contributed by atoms with Crippen molar-refractivity contribution in [3.05, 3.63) is 131 Å². The number of benzene rings is 3. The molecule has 0 fully saturated rings. The van der Waals surface area contributed by atoms with Gasteiger partial charge in [-0.2, -0.15) is 0 Å². The van der Waals surface area contributed by atoms with Crippen molar-refractivity contribution in [1.29, 1.82) is 0 Å². The van der Waals surface area contributed by atoms with Crippen LogP contribution in [0.1, 0.15) is 54.3 Å². The zero-order chi connectivity index (χ0) is 34.3. The van der Waals surface area contributed by atoms with Gasteiger partial charge in [-0.05, 0) is 101 Å². The summed E-state index contributed by atoms with van der Waals surface area (Å²) in [5, 5.41) is 12.9. The number of hydrogen-bond acceptors (Lipinski definition) is 8. The lowest BCUT2D eigenvalue weighted by Gasteiger charge is -2.16. The molecule has 3 amide bonds. The topological polar surface area (TPSA) is 134 Å². The van der Waals surface area contributed by atoms with Gasteiger partial charge in [0.1, 0.15) is 18.0 Å². The quantitative estimate of drug-likeness (QED) is 0.110. The summed E-state index contributed by atoms with van der Waals surface area (Å²) in [6.07, 6.45) is 3.10. The molecule has 3 aromatic carbocycles. The zero-order valence-corrected chi connectivity index (χ0v) is 29.3. The largest absolute Gasteiger partial charge is 0.339 e. The van der Waals surface area contributed by atoms with Gasteiger partial charge in [0, 0.05) is 37.4 Å². The average Bonchev–Trinajstić information content (AvgIpc) is 3.11. The average molecular weight is 734 g/mol. The first-order valence-electron chi connectivity index (χ1n) is 15.6. The second kappa shape index (κ2) is 15.3. The van der Waals surface area contributed by atoms with Crippen LogP contribution in [0.5, 0.6) is 0 Å². The third-order valence-corrected chi connectivity index (χ3v) is 9.11. The fraction of sp³-hybridized carbons (Fsp3) is 0.135. The van der Waals surface area contributed by atoms with Crippen molar-refractivity contribution in [1.82, 2.24) is 25.3 Å². The van der Waals surface area contributed by atoms with Crippen molar-refractivity contribution < 1.29 is 9.59 Å². The standard InChI is InChI=1S/C37H33BrN8O2S/c1-22(2)30-16-15-29-34(44-30)40-21-41-35(29)45-31-19-25(36(47)46-33-18-10-26(38)20-39-33)9-17-32(31)49-28-13-11-27(12-14-28)43-37(48)42-23(3)24-7-5-4-6-8-24/h4-23H,1-3H3,(H,39,46,47)(H2,42,43,48)(H,40,41,44,45)/t23-/m1/s1. The van der Waals surface area contributed by atoms with Crippen LogP contribution < -0.4 is 21.3 Å². The molecular weight excluding hydrogens is 700 g/mol. The first kappa shape index (κ1) is 33.6. The molecule has 0 aliphatic carbocycles. The Hall–Kier alpha value is -5.33. The Morgan fingerprint density at radius 1 is 0.816 bits per heavy atom. The van der Waals surface area contributed by atoms with Crippen molar-refractivity contribution >= 4 is 73.7 Å². The van der Waals surface area contributed by atoms with Gasteiger partial charge in [-0.1, -0.05) is 55.9 Å². The SMILES string of the molecule is CC(C)c1ccc2c(Nc3cc(C(=O)Nc4ccc(Br)cn4)ccc3Sc3ccc(NC(=O)N[C@H](C)c4ccccc4)cc3)ncnc2n1. The third-order valence-electron chi connectivity index (χ3n) is 7.56. The molecule has 0 bridgehead atoms. The minimum absolute atomic E-state index is 0.141. The minimum atomic E-state index is -0.305. The smallest absolute Gasteiger partial charge is 0.319 e. The fourth-order valence-corrected chi connectivity index (χ4v) is 6.04. The van der Waals surface area contributed by atoms with Gasteiger partial charge in [0.15, 0.2) is 5.65 Å². The molecular formula is C37H33BrN8O2S. The van der Waals surface area contributed by atoms with E-state index in [1.54, 1.807) is 24.4 Å². The number of urea groups is 1. The Morgan fingerprint density at radius 3 is 2.35 bits per heavy atom. The molecule has 6 aromatic rings. The van der Waals surface area contributed by atoms with Crippen LogP contribution in [0.3, 0.4) is 0 Å². The van der Waals surface area contributed by atoms with Crippen LogP contribution in [0.4, 0.5) is 27.8 Å². The van der Waals surface area contributed by atoms with Crippen LogP contribution in [0.25, 0.3) is 11.0 Å². The van der Waals surface area contributed by atoms with E-state index in [9.17, 15) is 9.59 Å². The van der Waals surface area contributed by atoms with Gasteiger partial charge in [0.05, 0.1) is 17.1 Å². The molecule has 0 spiro atoms. The molecule has 0 saturated carbocycles. The van der Waals surface area contributed by atoms with Crippen molar-refractivity contribution in [3.63, 3.8) is 0 Å². The van der Waals surface area contributed by atoms with E-state index in [4.69, 9.17) is 4.98 Å². The maximum absolute atomic E-state index is 13.3. The highest BCUT2D eigenvalue weighted by molar-refractivity contribution is 9.10. The van der Waals surface area contributed by atoms with Crippen LogP contribution in [-0.2, 0) is 0 Å². The molecule has 3 aromatic heterocycles. The first-order chi connectivity index (χ1) is 23.7. The summed E-state index contributed by atoms with van der Waals surface area (Å²) in [6, 6.07) is 29.9. The predicted octanol–water partition coefficient (Wildman–Crippen LogP) is 9.34. The Bertz CT molecular complexity index is 2100. The molecule has 246 valence electrons. The molecule has 3 heterocycles. The van der Waals surface area contributed by atoms with E-state index in [-0.39, 0.29) is 23.9 Å². The highest BCUT2D eigenvalue weighted by Gasteiger charge is 2.16. The summed E-state index contributed by atoms with van der Waals surface area (Å²) in [7, 11) is 0. The van der Waals surface area contributed by atoms with Crippen molar-refractivity contribution in [3.8, 4) is 0 Å². The number of fused-ring (bicyclic) bond motifs is 1. The molecule has 10 nitrogen and oxygen atoms in total. The van der Waals surface area contributed by atoms with Gasteiger partial charge in [0.25, 0.3) is 5.91 Å². The van der Waals surface area contributed by atoms with E-state index in [2.05, 4.69) is 66.0 Å². The van der Waals surface area contributed by atoms with Crippen molar-refractivity contribution in [2.75, 3.05) is 16.0 Å². The summed E-state index contributed by atoms with van der Waals surface area (Å²) in [5.74, 6) is 0.951. The van der Waals surface area contributed by atoms with Gasteiger partial charge in [-0.25, -0.2) is 24.7 Å². The Kier molecular flexibility index (Phi) is 10.5. The molecule has 0 radical (unpaired) electrons. The second-order valence-corrected chi connectivity index (χ2v) is 13.5. The van der Waals surface area contributed by atoms with Crippen LogP contribution in [0.15, 0.2) is 124 Å². The first-order valence-corrected chi connectivity index (χ1v) is 17.2. The maximum atomic E-state index is 13.3. The summed E-state index contributed by atoms with van der Waals surface area (Å²) >= 11 is 4.88. The number of nitrogens with zero attached hydrogens (tertiary/aromatic N) is 4. The molecule has 4 N–H and O–H groups in total. The van der Waals surface area contributed by atoms with Crippen LogP contribution in [0.2, 0.25) is 0 Å². The number of nitrogens with one attached hydrogen (secondary N) is 4. The third kappa shape index (κ3) is 8.59. The summed E-state index contributed by atoms with van der Waals surface area (Å²) in [6.45, 7) is 6.11. The van der Waals surface area contributed by atoms with Crippen LogP contribution >= 0.6 is 27.7 Å². The summed E-state index contributed by atoms with van der Waals surface area (Å²) in [4.78, 5) is 45.6. The van der Waals surface area contributed by atoms with Gasteiger partial charge in [0.2, 0.25) is 0 Å². The van der Waals surface area contributed by atoms with E-state index in [0.29, 0.717) is 34.2 Å². The summed E-state index contributed by atoms with van der Waals surface area (Å²) in [5.41, 5.74) is 4.31. The van der Waals surface area contributed by atoms with E-state index in [0.717, 1.165) is 30.9 Å². The lowest BCUT2D eigenvalue weighted by molar-refractivity contribution is 0.102. The normalized spacial score (nSPS) is 11.6. The molecule has 0 aliphatic rings. The van der Waals surface area contributed by atoms with E-state index >= 15 is 0 Å². The molecule has 1 atom stereocenters. The number of amides is 3. The number of aromatic nitrogens is 4. The van der Waals surface area contributed by atoms with Crippen molar-refractivity contribution in [2.45, 2.75) is 42.5 Å². The number of carbonyl (C=O) groups excluding carboxylic acids is 2. The van der Waals surface area contributed by atoms with Gasteiger partial charge >= 0.3 is 6.03 Å². The molecule has 49 heavy (non-hydrogen) atoms.